The molecule has 8 heteroatoms. The van der Waals surface area contributed by atoms with E-state index >= 15 is 0 Å². The zero-order valence-corrected chi connectivity index (χ0v) is 17.0. The zero-order valence-electron chi connectivity index (χ0n) is 13.9. The van der Waals surface area contributed by atoms with Crippen LogP contribution in [0.1, 0.15) is 11.3 Å². The van der Waals surface area contributed by atoms with E-state index in [0.29, 0.717) is 31.5 Å². The van der Waals surface area contributed by atoms with Crippen molar-refractivity contribution in [2.45, 2.75) is 21.6 Å². The monoisotopic (exact) mass is 426 g/mol. The molecule has 136 valence electrons. The molecule has 0 spiro atoms. The number of sulfone groups is 1. The van der Waals surface area contributed by atoms with Gasteiger partial charge in [0.1, 0.15) is 0 Å². The maximum absolute atomic E-state index is 12.5. The van der Waals surface area contributed by atoms with Crippen LogP contribution in [0.15, 0.2) is 64.8 Å². The van der Waals surface area contributed by atoms with Crippen molar-refractivity contribution < 1.29 is 8.42 Å². The van der Waals surface area contributed by atoms with Gasteiger partial charge in [0.05, 0.1) is 22.5 Å². The van der Waals surface area contributed by atoms with Gasteiger partial charge in [-0.25, -0.2) is 13.4 Å². The molecule has 0 N–H and O–H groups in total. The first-order valence-electron chi connectivity index (χ1n) is 7.72. The molecule has 0 aliphatic rings. The average Bonchev–Trinajstić information content (AvgIpc) is 2.95. The normalized spacial score (nSPS) is 11.7. The van der Waals surface area contributed by atoms with E-state index in [1.807, 2.05) is 0 Å². The summed E-state index contributed by atoms with van der Waals surface area (Å²) >= 11 is 13.8. The number of aromatic nitrogens is 2. The van der Waals surface area contributed by atoms with Crippen LogP contribution < -0.4 is 0 Å². The van der Waals surface area contributed by atoms with Crippen molar-refractivity contribution >= 4 is 44.8 Å². The summed E-state index contributed by atoms with van der Waals surface area (Å²) in [5, 5.41) is 1.91. The van der Waals surface area contributed by atoms with Gasteiger partial charge in [0.25, 0.3) is 0 Å². The highest BCUT2D eigenvalue weighted by Crippen LogP contribution is 2.31. The van der Waals surface area contributed by atoms with Gasteiger partial charge in [-0.05, 0) is 29.8 Å². The fraction of sp³-hybridized carbons (Fsp3) is 0.167. The van der Waals surface area contributed by atoms with E-state index in [-0.39, 0.29) is 5.75 Å². The Kier molecular flexibility index (Phi) is 5.97. The summed E-state index contributed by atoms with van der Waals surface area (Å²) < 4.78 is 26.9. The van der Waals surface area contributed by atoms with Crippen LogP contribution in [0.4, 0.5) is 0 Å². The van der Waals surface area contributed by atoms with Gasteiger partial charge < -0.3 is 4.57 Å². The summed E-state index contributed by atoms with van der Waals surface area (Å²) in [5.74, 6) is 0.447. The van der Waals surface area contributed by atoms with Crippen molar-refractivity contribution in [1.82, 2.24) is 9.55 Å². The van der Waals surface area contributed by atoms with Crippen molar-refractivity contribution in [2.75, 3.05) is 0 Å². The third-order valence-corrected chi connectivity index (χ3v) is 7.33. The lowest BCUT2D eigenvalue weighted by Crippen LogP contribution is -2.08. The maximum atomic E-state index is 12.5. The van der Waals surface area contributed by atoms with Gasteiger partial charge in [0.15, 0.2) is 15.0 Å². The molecule has 0 bridgehead atoms. The number of hydrogen-bond acceptors (Lipinski definition) is 4. The highest BCUT2D eigenvalue weighted by Gasteiger charge is 2.19. The molecule has 0 radical (unpaired) electrons. The van der Waals surface area contributed by atoms with Gasteiger partial charge in [-0.15, -0.1) is 0 Å². The predicted molar refractivity (Wildman–Crippen MR) is 107 cm³/mol. The number of hydrogen-bond donors (Lipinski definition) is 0. The van der Waals surface area contributed by atoms with Crippen molar-refractivity contribution in [3.05, 3.63) is 76.0 Å². The van der Waals surface area contributed by atoms with Crippen molar-refractivity contribution in [3.8, 4) is 0 Å². The van der Waals surface area contributed by atoms with Crippen LogP contribution in [0.25, 0.3) is 0 Å². The van der Waals surface area contributed by atoms with Gasteiger partial charge in [-0.2, -0.15) is 0 Å². The summed E-state index contributed by atoms with van der Waals surface area (Å²) in [6, 6.07) is 13.8. The molecule has 26 heavy (non-hydrogen) atoms. The molecule has 0 fully saturated rings. The lowest BCUT2D eigenvalue weighted by Gasteiger charge is -2.08. The van der Waals surface area contributed by atoms with E-state index in [1.54, 1.807) is 66.3 Å². The minimum absolute atomic E-state index is 0.103. The number of thioether (sulfide) groups is 1. The van der Waals surface area contributed by atoms with Crippen LogP contribution in [-0.4, -0.2) is 18.0 Å². The fourth-order valence-electron chi connectivity index (χ4n) is 2.41. The van der Waals surface area contributed by atoms with E-state index in [0.717, 1.165) is 5.56 Å². The highest BCUT2D eigenvalue weighted by atomic mass is 35.5. The second-order valence-electron chi connectivity index (χ2n) is 5.65. The fourth-order valence-corrected chi connectivity index (χ4v) is 5.51. The Balaban J connectivity index is 1.76. The Morgan fingerprint density at radius 3 is 2.35 bits per heavy atom. The molecule has 0 saturated carbocycles. The Morgan fingerprint density at radius 2 is 1.69 bits per heavy atom. The smallest absolute Gasteiger partial charge is 0.184 e. The lowest BCUT2D eigenvalue weighted by molar-refractivity contribution is 0.592. The standard InChI is InChI=1S/C18H16Cl2N2O2S2/c1-22-13(12-26(23,24)14-6-3-2-4-7-14)10-21-18(22)25-11-15-16(19)8-5-9-17(15)20/h2-10H,11-12H2,1H3. The molecule has 2 aromatic carbocycles. The molecule has 1 heterocycles. The second-order valence-corrected chi connectivity index (χ2v) is 9.40. The molecule has 0 aliphatic carbocycles. The van der Waals surface area contributed by atoms with Crippen molar-refractivity contribution in [3.63, 3.8) is 0 Å². The van der Waals surface area contributed by atoms with E-state index in [9.17, 15) is 8.42 Å². The topological polar surface area (TPSA) is 52.0 Å². The molecule has 0 amide bonds. The summed E-state index contributed by atoms with van der Waals surface area (Å²) in [7, 11) is -1.61. The Hall–Kier alpha value is -1.47. The minimum Gasteiger partial charge on any atom is -0.325 e. The molecule has 0 unspecified atom stereocenters. The summed E-state index contributed by atoms with van der Waals surface area (Å²) in [5.41, 5.74) is 1.46. The Morgan fingerprint density at radius 1 is 1.04 bits per heavy atom. The first-order valence-corrected chi connectivity index (χ1v) is 11.1. The maximum Gasteiger partial charge on any atom is 0.184 e. The minimum atomic E-state index is -3.42. The number of rotatable bonds is 6. The van der Waals surface area contributed by atoms with E-state index in [4.69, 9.17) is 23.2 Å². The van der Waals surface area contributed by atoms with Crippen LogP contribution in [0, 0.1) is 0 Å². The van der Waals surface area contributed by atoms with Gasteiger partial charge in [0.2, 0.25) is 0 Å². The summed E-state index contributed by atoms with van der Waals surface area (Å²) in [6.45, 7) is 0. The van der Waals surface area contributed by atoms with Crippen LogP contribution in [-0.2, 0) is 28.4 Å². The summed E-state index contributed by atoms with van der Waals surface area (Å²) in [4.78, 5) is 4.65. The third-order valence-electron chi connectivity index (χ3n) is 3.89. The highest BCUT2D eigenvalue weighted by molar-refractivity contribution is 7.98. The molecule has 0 aliphatic heterocycles. The largest absolute Gasteiger partial charge is 0.325 e. The number of benzene rings is 2. The average molecular weight is 427 g/mol. The van der Waals surface area contributed by atoms with Crippen molar-refractivity contribution in [2.24, 2.45) is 7.05 Å². The Labute approximate surface area is 167 Å². The second kappa shape index (κ2) is 8.05. The molecule has 0 saturated heterocycles. The first kappa shape index (κ1) is 19.3. The molecule has 3 aromatic rings. The van der Waals surface area contributed by atoms with Gasteiger partial charge in [-0.1, -0.05) is 59.2 Å². The molecule has 4 nitrogen and oxygen atoms in total. The van der Waals surface area contributed by atoms with Crippen LogP contribution >= 0.6 is 35.0 Å². The number of nitrogens with zero attached hydrogens (tertiary/aromatic N) is 2. The number of halogens is 2. The molecule has 3 rings (SSSR count). The van der Waals surface area contributed by atoms with Crippen LogP contribution in [0.5, 0.6) is 0 Å². The van der Waals surface area contributed by atoms with Crippen LogP contribution in [0.3, 0.4) is 0 Å². The molecular weight excluding hydrogens is 411 g/mol. The quantitative estimate of drug-likeness (QED) is 0.520. The third kappa shape index (κ3) is 4.26. The van der Waals surface area contributed by atoms with Gasteiger partial charge in [0, 0.05) is 22.8 Å². The molecule has 1 aromatic heterocycles. The lowest BCUT2D eigenvalue weighted by atomic mass is 10.2. The molecular formula is C18H16Cl2N2O2S2. The predicted octanol–water partition coefficient (Wildman–Crippen LogP) is 4.99. The molecule has 0 atom stereocenters. The van der Waals surface area contributed by atoms with E-state index in [2.05, 4.69) is 4.98 Å². The SMILES string of the molecule is Cn1c(CS(=O)(=O)c2ccccc2)cnc1SCc1c(Cl)cccc1Cl. The van der Waals surface area contributed by atoms with Gasteiger partial charge in [-0.3, -0.25) is 0 Å². The van der Waals surface area contributed by atoms with Gasteiger partial charge >= 0.3 is 0 Å². The Bertz CT molecular complexity index is 999. The van der Waals surface area contributed by atoms with E-state index < -0.39 is 9.84 Å². The summed E-state index contributed by atoms with van der Waals surface area (Å²) in [6.07, 6.45) is 1.59. The zero-order chi connectivity index (χ0) is 18.7. The number of imidazole rings is 1. The first-order chi connectivity index (χ1) is 12.4. The van der Waals surface area contributed by atoms with E-state index in [1.165, 1.54) is 11.8 Å². The van der Waals surface area contributed by atoms with Crippen molar-refractivity contribution in [1.29, 1.82) is 0 Å². The van der Waals surface area contributed by atoms with Crippen LogP contribution in [0.2, 0.25) is 10.0 Å².